The van der Waals surface area contributed by atoms with Crippen LogP contribution < -0.4 is 14.9 Å². The van der Waals surface area contributed by atoms with E-state index in [9.17, 15) is 13.2 Å². The number of hydrogen-bond donors (Lipinski definition) is 3. The Morgan fingerprint density at radius 2 is 2.05 bits per heavy atom. The van der Waals surface area contributed by atoms with Gasteiger partial charge in [0.05, 0.1) is 11.4 Å². The molecule has 1 aliphatic carbocycles. The quantitative estimate of drug-likeness (QED) is 0.704. The van der Waals surface area contributed by atoms with Crippen molar-refractivity contribution < 1.29 is 8.42 Å². The third-order valence-corrected chi connectivity index (χ3v) is 6.29. The van der Waals surface area contributed by atoms with Gasteiger partial charge in [-0.15, -0.1) is 11.3 Å². The third-order valence-electron chi connectivity index (χ3n) is 3.11. The molecule has 6 nitrogen and oxygen atoms in total. The van der Waals surface area contributed by atoms with Crippen LogP contribution in [-0.4, -0.2) is 19.4 Å². The highest BCUT2D eigenvalue weighted by Crippen LogP contribution is 2.23. The molecule has 2 heterocycles. The molecule has 1 fully saturated rings. The fraction of sp³-hybridized carbons (Fsp3) is 0.417. The Morgan fingerprint density at radius 3 is 2.71 bits per heavy atom. The minimum absolute atomic E-state index is 0.0899. The molecular formula is C12H15N3O3S3. The van der Waals surface area contributed by atoms with Gasteiger partial charge in [-0.1, -0.05) is 11.3 Å². The molecule has 0 amide bonds. The highest BCUT2D eigenvalue weighted by Gasteiger charge is 2.21. The predicted molar refractivity (Wildman–Crippen MR) is 83.1 cm³/mol. The SMILES string of the molecule is O=c1[nH]c(CNS(=O)(=O)c2csc(CNC3CC3)c2)cs1. The van der Waals surface area contributed by atoms with Gasteiger partial charge in [-0.05, 0) is 18.9 Å². The molecule has 0 aromatic carbocycles. The first-order chi connectivity index (χ1) is 10.0. The summed E-state index contributed by atoms with van der Waals surface area (Å²) in [6, 6.07) is 2.29. The van der Waals surface area contributed by atoms with Crippen molar-refractivity contribution >= 4 is 32.7 Å². The average molecular weight is 345 g/mol. The normalized spacial score (nSPS) is 15.4. The smallest absolute Gasteiger partial charge is 0.304 e. The zero-order valence-corrected chi connectivity index (χ0v) is 13.5. The van der Waals surface area contributed by atoms with E-state index >= 15 is 0 Å². The van der Waals surface area contributed by atoms with Crippen LogP contribution in [0, 0.1) is 0 Å². The van der Waals surface area contributed by atoms with E-state index in [-0.39, 0.29) is 16.3 Å². The molecule has 3 N–H and O–H groups in total. The van der Waals surface area contributed by atoms with Crippen molar-refractivity contribution in [2.45, 2.75) is 36.9 Å². The Bertz CT molecular complexity index is 771. The molecule has 2 aromatic heterocycles. The number of rotatable bonds is 7. The van der Waals surface area contributed by atoms with Gasteiger partial charge < -0.3 is 10.3 Å². The van der Waals surface area contributed by atoms with E-state index in [1.807, 2.05) is 0 Å². The van der Waals surface area contributed by atoms with Crippen LogP contribution in [0.2, 0.25) is 0 Å². The summed E-state index contributed by atoms with van der Waals surface area (Å²) >= 11 is 2.45. The van der Waals surface area contributed by atoms with Crippen molar-refractivity contribution in [1.82, 2.24) is 15.0 Å². The molecule has 21 heavy (non-hydrogen) atoms. The van der Waals surface area contributed by atoms with Crippen molar-refractivity contribution in [3.05, 3.63) is 37.1 Å². The molecule has 0 saturated heterocycles. The number of sulfonamides is 1. The predicted octanol–water partition coefficient (Wildman–Crippen LogP) is 1.23. The maximum Gasteiger partial charge on any atom is 0.304 e. The van der Waals surface area contributed by atoms with Gasteiger partial charge in [-0.25, -0.2) is 13.1 Å². The molecule has 0 bridgehead atoms. The molecule has 9 heteroatoms. The van der Waals surface area contributed by atoms with Gasteiger partial charge >= 0.3 is 4.87 Å². The molecule has 3 rings (SSSR count). The molecule has 0 unspecified atom stereocenters. The van der Waals surface area contributed by atoms with E-state index in [0.717, 1.165) is 16.2 Å². The summed E-state index contributed by atoms with van der Waals surface area (Å²) in [5.74, 6) is 0. The zero-order chi connectivity index (χ0) is 14.9. The van der Waals surface area contributed by atoms with E-state index < -0.39 is 10.0 Å². The third kappa shape index (κ3) is 4.01. The molecule has 114 valence electrons. The van der Waals surface area contributed by atoms with E-state index in [4.69, 9.17) is 0 Å². The highest BCUT2D eigenvalue weighted by molar-refractivity contribution is 7.89. The van der Waals surface area contributed by atoms with E-state index in [0.29, 0.717) is 18.3 Å². The van der Waals surface area contributed by atoms with Crippen LogP contribution >= 0.6 is 22.7 Å². The van der Waals surface area contributed by atoms with Crippen LogP contribution in [-0.2, 0) is 23.1 Å². The summed E-state index contributed by atoms with van der Waals surface area (Å²) in [7, 11) is -3.54. The number of hydrogen-bond acceptors (Lipinski definition) is 6. The monoisotopic (exact) mass is 345 g/mol. The first kappa shape index (κ1) is 14.9. The fourth-order valence-electron chi connectivity index (χ4n) is 1.78. The largest absolute Gasteiger partial charge is 0.315 e. The average Bonchev–Trinajstić information content (AvgIpc) is 2.97. The number of nitrogens with one attached hydrogen (secondary N) is 3. The molecular weight excluding hydrogens is 330 g/mol. The summed E-state index contributed by atoms with van der Waals surface area (Å²) in [6.45, 7) is 0.801. The zero-order valence-electron chi connectivity index (χ0n) is 11.1. The van der Waals surface area contributed by atoms with Gasteiger partial charge in [0, 0.05) is 33.9 Å². The lowest BCUT2D eigenvalue weighted by Crippen LogP contribution is -2.23. The van der Waals surface area contributed by atoms with Gasteiger partial charge in [-0.2, -0.15) is 0 Å². The van der Waals surface area contributed by atoms with Crippen LogP contribution in [0.25, 0.3) is 0 Å². The second kappa shape index (κ2) is 6.01. The number of aromatic nitrogens is 1. The number of H-pyrrole nitrogens is 1. The van der Waals surface area contributed by atoms with Gasteiger partial charge in [0.15, 0.2) is 0 Å². The van der Waals surface area contributed by atoms with Gasteiger partial charge in [0.1, 0.15) is 0 Å². The number of thiophene rings is 1. The minimum Gasteiger partial charge on any atom is -0.315 e. The highest BCUT2D eigenvalue weighted by atomic mass is 32.2. The van der Waals surface area contributed by atoms with Crippen molar-refractivity contribution in [3.63, 3.8) is 0 Å². The van der Waals surface area contributed by atoms with Crippen molar-refractivity contribution in [2.24, 2.45) is 0 Å². The van der Waals surface area contributed by atoms with Gasteiger partial charge in [-0.3, -0.25) is 4.79 Å². The fourth-order valence-corrected chi connectivity index (χ4v) is 4.60. The second-order valence-electron chi connectivity index (χ2n) is 4.90. The Hall–Kier alpha value is -1.00. The molecule has 0 spiro atoms. The Balaban J connectivity index is 1.61. The Kier molecular flexibility index (Phi) is 4.27. The summed E-state index contributed by atoms with van der Waals surface area (Å²) < 4.78 is 26.8. The number of aromatic amines is 1. The van der Waals surface area contributed by atoms with E-state index in [1.165, 1.54) is 24.2 Å². The second-order valence-corrected chi connectivity index (χ2v) is 8.51. The van der Waals surface area contributed by atoms with E-state index in [2.05, 4.69) is 15.0 Å². The van der Waals surface area contributed by atoms with Crippen LogP contribution in [0.5, 0.6) is 0 Å². The molecule has 0 atom stereocenters. The first-order valence-electron chi connectivity index (χ1n) is 6.50. The molecule has 2 aromatic rings. The maximum absolute atomic E-state index is 12.2. The molecule has 0 aliphatic heterocycles. The van der Waals surface area contributed by atoms with Crippen molar-refractivity contribution in [3.8, 4) is 0 Å². The Morgan fingerprint density at radius 1 is 1.24 bits per heavy atom. The van der Waals surface area contributed by atoms with Crippen LogP contribution in [0.4, 0.5) is 0 Å². The van der Waals surface area contributed by atoms with Gasteiger partial charge in [0.2, 0.25) is 10.0 Å². The van der Waals surface area contributed by atoms with Gasteiger partial charge in [0.25, 0.3) is 0 Å². The first-order valence-corrected chi connectivity index (χ1v) is 9.74. The molecule has 0 radical (unpaired) electrons. The minimum atomic E-state index is -3.54. The molecule has 1 aliphatic rings. The number of thiazole rings is 1. The lowest BCUT2D eigenvalue weighted by atomic mass is 10.4. The summed E-state index contributed by atoms with van der Waals surface area (Å²) in [4.78, 5) is 14.7. The van der Waals surface area contributed by atoms with Crippen molar-refractivity contribution in [1.29, 1.82) is 0 Å². The standard InChI is InChI=1S/C12H15N3O3S3/c16-12-15-9(6-20-12)4-14-21(17,18)11-3-10(19-7-11)5-13-8-1-2-8/h3,6-8,13-14H,1-2,4-5H2,(H,15,16). The molecule has 1 saturated carbocycles. The maximum atomic E-state index is 12.2. The lowest BCUT2D eigenvalue weighted by Gasteiger charge is -2.03. The summed E-state index contributed by atoms with van der Waals surface area (Å²) in [5.41, 5.74) is 0.569. The summed E-state index contributed by atoms with van der Waals surface area (Å²) in [6.07, 6.45) is 2.41. The van der Waals surface area contributed by atoms with Crippen LogP contribution in [0.15, 0.2) is 26.5 Å². The summed E-state index contributed by atoms with van der Waals surface area (Å²) in [5, 5.41) is 6.61. The topological polar surface area (TPSA) is 91.1 Å². The Labute approximate surface area is 130 Å². The van der Waals surface area contributed by atoms with Crippen LogP contribution in [0.1, 0.15) is 23.4 Å². The van der Waals surface area contributed by atoms with Crippen LogP contribution in [0.3, 0.4) is 0 Å². The van der Waals surface area contributed by atoms with E-state index in [1.54, 1.807) is 16.8 Å². The lowest BCUT2D eigenvalue weighted by molar-refractivity contribution is 0.581. The van der Waals surface area contributed by atoms with Crippen molar-refractivity contribution in [2.75, 3.05) is 0 Å².